The van der Waals surface area contributed by atoms with E-state index in [1.54, 1.807) is 11.0 Å². The number of carbonyl (C=O) groups excluding carboxylic acids is 1. The lowest BCUT2D eigenvalue weighted by Gasteiger charge is -2.22. The predicted octanol–water partition coefficient (Wildman–Crippen LogP) is 3.40. The first-order valence-electron chi connectivity index (χ1n) is 6.47. The van der Waals surface area contributed by atoms with Gasteiger partial charge in [-0.05, 0) is 30.7 Å². The van der Waals surface area contributed by atoms with Gasteiger partial charge in [-0.25, -0.2) is 4.79 Å². The zero-order chi connectivity index (χ0) is 14.1. The number of phenols is 1. The van der Waals surface area contributed by atoms with E-state index in [1.807, 2.05) is 49.4 Å². The number of anilines is 1. The Kier molecular flexibility index (Phi) is 3.06. The molecule has 1 saturated heterocycles. The molecular weight excluding hydrogens is 254 g/mol. The third-order valence-corrected chi connectivity index (χ3v) is 3.45. The Labute approximate surface area is 117 Å². The molecule has 1 aliphatic heterocycles. The minimum Gasteiger partial charge on any atom is -0.508 e. The van der Waals surface area contributed by atoms with Gasteiger partial charge in [-0.15, -0.1) is 0 Å². The second-order valence-electron chi connectivity index (χ2n) is 4.86. The second kappa shape index (κ2) is 4.89. The van der Waals surface area contributed by atoms with Crippen molar-refractivity contribution in [2.45, 2.75) is 13.0 Å². The number of rotatable bonds is 2. The van der Waals surface area contributed by atoms with Gasteiger partial charge < -0.3 is 9.84 Å². The number of para-hydroxylation sites is 1. The van der Waals surface area contributed by atoms with Gasteiger partial charge in [-0.3, -0.25) is 4.90 Å². The van der Waals surface area contributed by atoms with E-state index in [-0.39, 0.29) is 24.5 Å². The number of hydrogen-bond donors (Lipinski definition) is 1. The number of ether oxygens (including phenoxy) is 1. The molecule has 1 amide bonds. The van der Waals surface area contributed by atoms with Crippen LogP contribution in [-0.2, 0) is 4.74 Å². The van der Waals surface area contributed by atoms with Gasteiger partial charge in [0, 0.05) is 11.3 Å². The summed E-state index contributed by atoms with van der Waals surface area (Å²) in [5.41, 5.74) is 2.44. The molecule has 0 radical (unpaired) electrons. The SMILES string of the molecule is Cc1ccc(C2COC(=O)N2c2ccccc2)c(O)c1. The molecule has 102 valence electrons. The number of amides is 1. The van der Waals surface area contributed by atoms with E-state index in [2.05, 4.69) is 0 Å². The summed E-state index contributed by atoms with van der Waals surface area (Å²) in [5, 5.41) is 10.1. The molecule has 4 nitrogen and oxygen atoms in total. The molecule has 0 bridgehead atoms. The summed E-state index contributed by atoms with van der Waals surface area (Å²) >= 11 is 0. The highest BCUT2D eigenvalue weighted by Gasteiger charge is 2.36. The third kappa shape index (κ3) is 2.09. The first-order valence-corrected chi connectivity index (χ1v) is 6.47. The van der Waals surface area contributed by atoms with E-state index in [4.69, 9.17) is 4.74 Å². The lowest BCUT2D eigenvalue weighted by Crippen LogP contribution is -2.27. The number of nitrogens with zero attached hydrogens (tertiary/aromatic N) is 1. The lowest BCUT2D eigenvalue weighted by molar-refractivity contribution is 0.178. The summed E-state index contributed by atoms with van der Waals surface area (Å²) in [5.74, 6) is 0.189. The summed E-state index contributed by atoms with van der Waals surface area (Å²) < 4.78 is 5.15. The largest absolute Gasteiger partial charge is 0.508 e. The number of carbonyl (C=O) groups is 1. The molecule has 0 saturated carbocycles. The van der Waals surface area contributed by atoms with Gasteiger partial charge in [0.15, 0.2) is 0 Å². The quantitative estimate of drug-likeness (QED) is 0.909. The summed E-state index contributed by atoms with van der Waals surface area (Å²) in [4.78, 5) is 13.5. The molecule has 0 aliphatic carbocycles. The number of aryl methyl sites for hydroxylation is 1. The molecule has 1 heterocycles. The summed E-state index contributed by atoms with van der Waals surface area (Å²) in [6.45, 7) is 2.15. The maximum atomic E-state index is 12.0. The van der Waals surface area contributed by atoms with Gasteiger partial charge >= 0.3 is 6.09 Å². The Hall–Kier alpha value is -2.49. The van der Waals surface area contributed by atoms with E-state index in [0.29, 0.717) is 5.56 Å². The number of aromatic hydroxyl groups is 1. The Bertz CT molecular complexity index is 639. The zero-order valence-corrected chi connectivity index (χ0v) is 11.1. The zero-order valence-electron chi connectivity index (χ0n) is 11.1. The van der Waals surface area contributed by atoms with Crippen LogP contribution in [0.2, 0.25) is 0 Å². The van der Waals surface area contributed by atoms with Gasteiger partial charge in [0.2, 0.25) is 0 Å². The molecule has 1 unspecified atom stereocenters. The van der Waals surface area contributed by atoms with Crippen molar-refractivity contribution in [3.8, 4) is 5.75 Å². The predicted molar refractivity (Wildman–Crippen MR) is 75.9 cm³/mol. The first kappa shape index (κ1) is 12.5. The van der Waals surface area contributed by atoms with Crippen molar-refractivity contribution in [1.29, 1.82) is 0 Å². The molecule has 3 rings (SSSR count). The molecule has 1 aliphatic rings. The number of benzene rings is 2. The highest BCUT2D eigenvalue weighted by Crippen LogP contribution is 2.36. The van der Waals surface area contributed by atoms with E-state index >= 15 is 0 Å². The van der Waals surface area contributed by atoms with Crippen molar-refractivity contribution in [2.75, 3.05) is 11.5 Å². The van der Waals surface area contributed by atoms with Crippen LogP contribution in [0.1, 0.15) is 17.2 Å². The van der Waals surface area contributed by atoms with Crippen molar-refractivity contribution < 1.29 is 14.6 Å². The number of phenolic OH excluding ortho intramolecular Hbond substituents is 1. The average molecular weight is 269 g/mol. The monoisotopic (exact) mass is 269 g/mol. The second-order valence-corrected chi connectivity index (χ2v) is 4.86. The fourth-order valence-corrected chi connectivity index (χ4v) is 2.46. The molecule has 0 spiro atoms. The van der Waals surface area contributed by atoms with E-state index in [0.717, 1.165) is 11.3 Å². The Morgan fingerprint density at radius 2 is 1.95 bits per heavy atom. The molecule has 1 N–H and O–H groups in total. The van der Waals surface area contributed by atoms with Crippen LogP contribution >= 0.6 is 0 Å². The highest BCUT2D eigenvalue weighted by molar-refractivity contribution is 5.90. The van der Waals surface area contributed by atoms with Crippen LogP contribution in [0.5, 0.6) is 5.75 Å². The van der Waals surface area contributed by atoms with Gasteiger partial charge in [-0.1, -0.05) is 30.3 Å². The lowest BCUT2D eigenvalue weighted by atomic mass is 10.0. The molecule has 2 aromatic rings. The van der Waals surface area contributed by atoms with Crippen molar-refractivity contribution in [2.24, 2.45) is 0 Å². The van der Waals surface area contributed by atoms with Crippen molar-refractivity contribution in [3.63, 3.8) is 0 Å². The van der Waals surface area contributed by atoms with Gasteiger partial charge in [0.1, 0.15) is 18.4 Å². The molecule has 0 aromatic heterocycles. The maximum Gasteiger partial charge on any atom is 0.415 e. The normalized spacial score (nSPS) is 18.1. The molecule has 1 atom stereocenters. The summed E-state index contributed by atoms with van der Waals surface area (Å²) in [6, 6.07) is 14.5. The number of cyclic esters (lactones) is 1. The third-order valence-electron chi connectivity index (χ3n) is 3.45. The van der Waals surface area contributed by atoms with Crippen molar-refractivity contribution >= 4 is 11.8 Å². The van der Waals surface area contributed by atoms with Crippen LogP contribution in [0.25, 0.3) is 0 Å². The summed E-state index contributed by atoms with van der Waals surface area (Å²) in [6.07, 6.45) is -0.388. The Morgan fingerprint density at radius 3 is 2.65 bits per heavy atom. The fraction of sp³-hybridized carbons (Fsp3) is 0.188. The fourth-order valence-electron chi connectivity index (χ4n) is 2.46. The van der Waals surface area contributed by atoms with Crippen LogP contribution in [-0.4, -0.2) is 17.8 Å². The average Bonchev–Trinajstić information content (AvgIpc) is 2.81. The first-order chi connectivity index (χ1) is 9.66. The van der Waals surface area contributed by atoms with Crippen molar-refractivity contribution in [1.82, 2.24) is 0 Å². The Morgan fingerprint density at radius 1 is 1.20 bits per heavy atom. The van der Waals surface area contributed by atoms with E-state index in [1.165, 1.54) is 0 Å². The minimum absolute atomic E-state index is 0.189. The Balaban J connectivity index is 2.02. The van der Waals surface area contributed by atoms with Crippen LogP contribution < -0.4 is 4.90 Å². The van der Waals surface area contributed by atoms with Gasteiger partial charge in [0.05, 0.1) is 0 Å². The van der Waals surface area contributed by atoms with E-state index in [9.17, 15) is 9.90 Å². The summed E-state index contributed by atoms with van der Waals surface area (Å²) in [7, 11) is 0. The minimum atomic E-state index is -0.388. The van der Waals surface area contributed by atoms with E-state index < -0.39 is 0 Å². The van der Waals surface area contributed by atoms with Crippen LogP contribution in [0.15, 0.2) is 48.5 Å². The van der Waals surface area contributed by atoms with Gasteiger partial charge in [0.25, 0.3) is 0 Å². The smallest absolute Gasteiger partial charge is 0.415 e. The molecular formula is C16H15NO3. The topological polar surface area (TPSA) is 49.8 Å². The standard InChI is InChI=1S/C16H15NO3/c1-11-7-8-13(15(18)9-11)14-10-20-16(19)17(14)12-5-3-2-4-6-12/h2-9,14,18H,10H2,1H3. The highest BCUT2D eigenvalue weighted by atomic mass is 16.6. The van der Waals surface area contributed by atoms with Crippen LogP contribution in [0, 0.1) is 6.92 Å². The van der Waals surface area contributed by atoms with Crippen LogP contribution in [0.4, 0.5) is 10.5 Å². The maximum absolute atomic E-state index is 12.0. The molecule has 20 heavy (non-hydrogen) atoms. The molecule has 1 fully saturated rings. The van der Waals surface area contributed by atoms with Gasteiger partial charge in [-0.2, -0.15) is 0 Å². The van der Waals surface area contributed by atoms with Crippen LogP contribution in [0.3, 0.4) is 0 Å². The molecule has 4 heteroatoms. The van der Waals surface area contributed by atoms with Crippen molar-refractivity contribution in [3.05, 3.63) is 59.7 Å². The molecule has 2 aromatic carbocycles. The number of hydrogen-bond acceptors (Lipinski definition) is 3.